The number of alkyl halides is 3. The largest absolute Gasteiger partial charge is 0.573 e. The number of carbonyl (C=O) groups is 1. The van der Waals surface area contributed by atoms with Gasteiger partial charge in [-0.2, -0.15) is 0 Å². The third-order valence-corrected chi connectivity index (χ3v) is 6.60. The number of rotatable bonds is 8. The van der Waals surface area contributed by atoms with Crippen molar-refractivity contribution in [3.8, 4) is 22.8 Å². The van der Waals surface area contributed by atoms with Crippen molar-refractivity contribution in [2.24, 2.45) is 0 Å². The predicted octanol–water partition coefficient (Wildman–Crippen LogP) is 7.60. The lowest BCUT2D eigenvalue weighted by Crippen LogP contribution is -2.25. The van der Waals surface area contributed by atoms with E-state index in [0.29, 0.717) is 43.9 Å². The molecule has 0 radical (unpaired) electrons. The minimum atomic E-state index is -4.85. The molecule has 0 fully saturated rings. The Morgan fingerprint density at radius 2 is 1.87 bits per heavy atom. The van der Waals surface area contributed by atoms with Crippen LogP contribution in [0.5, 0.6) is 11.5 Å². The predicted molar refractivity (Wildman–Crippen MR) is 139 cm³/mol. The van der Waals surface area contributed by atoms with E-state index in [-0.39, 0.29) is 18.7 Å². The molecule has 0 aliphatic heterocycles. The summed E-state index contributed by atoms with van der Waals surface area (Å²) in [5.41, 5.74) is 3.65. The van der Waals surface area contributed by atoms with Gasteiger partial charge in [0, 0.05) is 45.7 Å². The van der Waals surface area contributed by atoms with Gasteiger partial charge in [-0.25, -0.2) is 4.79 Å². The summed E-state index contributed by atoms with van der Waals surface area (Å²) in [6, 6.07) is 16.2. The molecule has 1 atom stereocenters. The average Bonchev–Trinajstić information content (AvgIpc) is 3.39. The molecule has 0 unspecified atom stereocenters. The van der Waals surface area contributed by atoms with Gasteiger partial charge in [0.15, 0.2) is 11.7 Å². The van der Waals surface area contributed by atoms with Crippen molar-refractivity contribution in [3.05, 3.63) is 76.9 Å². The van der Waals surface area contributed by atoms with E-state index in [1.54, 1.807) is 49.4 Å². The zero-order valence-corrected chi connectivity index (χ0v) is 21.5. The number of halogens is 4. The van der Waals surface area contributed by atoms with Crippen LogP contribution < -0.4 is 9.47 Å². The van der Waals surface area contributed by atoms with Gasteiger partial charge < -0.3 is 23.7 Å². The zero-order chi connectivity index (χ0) is 27.9. The zero-order valence-electron chi connectivity index (χ0n) is 20.8. The fraction of sp³-hybridized carbons (Fsp3) is 0.214. The minimum Gasteiger partial charge on any atom is -0.479 e. The van der Waals surface area contributed by atoms with Crippen LogP contribution in [0.25, 0.3) is 33.1 Å². The highest BCUT2D eigenvalue weighted by atomic mass is 35.5. The van der Waals surface area contributed by atoms with Crippen molar-refractivity contribution >= 4 is 39.4 Å². The van der Waals surface area contributed by atoms with Crippen molar-refractivity contribution in [2.45, 2.75) is 39.3 Å². The summed E-state index contributed by atoms with van der Waals surface area (Å²) in [5, 5.41) is 15.4. The molecule has 3 aromatic carbocycles. The first-order valence-corrected chi connectivity index (χ1v) is 12.3. The number of aliphatic carboxylic acids is 1. The first-order valence-electron chi connectivity index (χ1n) is 12.0. The van der Waals surface area contributed by atoms with Gasteiger partial charge in [-0.15, -0.1) is 13.2 Å². The SMILES string of the molecule is CC[C@H](Oc1cccc(Cn2c(C)c(-c3noc4cc(Cl)ccc34)c3ccc(OC(F)(F)F)cc32)c1)C(=O)O. The summed E-state index contributed by atoms with van der Waals surface area (Å²) in [5.74, 6) is -1.06. The molecule has 11 heteroatoms. The Bertz CT molecular complexity index is 1690. The van der Waals surface area contributed by atoms with Crippen LogP contribution in [-0.2, 0) is 11.3 Å². The van der Waals surface area contributed by atoms with Crippen LogP contribution in [0.4, 0.5) is 13.2 Å². The van der Waals surface area contributed by atoms with E-state index in [1.807, 2.05) is 17.6 Å². The van der Waals surface area contributed by atoms with E-state index in [2.05, 4.69) is 9.89 Å². The first-order chi connectivity index (χ1) is 18.5. The Morgan fingerprint density at radius 1 is 1.10 bits per heavy atom. The van der Waals surface area contributed by atoms with Gasteiger partial charge in [0.05, 0.1) is 5.52 Å². The number of nitrogens with zero attached hydrogens (tertiary/aromatic N) is 2. The maximum atomic E-state index is 13.0. The summed E-state index contributed by atoms with van der Waals surface area (Å²) in [6.45, 7) is 3.80. The summed E-state index contributed by atoms with van der Waals surface area (Å²) in [6.07, 6.45) is -5.57. The Labute approximate surface area is 225 Å². The number of carboxylic acids is 1. The molecule has 0 saturated carbocycles. The van der Waals surface area contributed by atoms with Crippen LogP contribution in [0.2, 0.25) is 5.02 Å². The number of hydrogen-bond donors (Lipinski definition) is 1. The molecule has 0 amide bonds. The van der Waals surface area contributed by atoms with Crippen LogP contribution in [0.3, 0.4) is 0 Å². The molecule has 0 saturated heterocycles. The van der Waals surface area contributed by atoms with Crippen molar-refractivity contribution in [2.75, 3.05) is 0 Å². The lowest BCUT2D eigenvalue weighted by Gasteiger charge is -2.15. The molecule has 2 aromatic heterocycles. The highest BCUT2D eigenvalue weighted by molar-refractivity contribution is 6.31. The molecule has 39 heavy (non-hydrogen) atoms. The van der Waals surface area contributed by atoms with Crippen LogP contribution in [0.15, 0.2) is 65.2 Å². The van der Waals surface area contributed by atoms with E-state index >= 15 is 0 Å². The van der Waals surface area contributed by atoms with E-state index in [0.717, 1.165) is 11.3 Å². The summed E-state index contributed by atoms with van der Waals surface area (Å²) in [7, 11) is 0. The summed E-state index contributed by atoms with van der Waals surface area (Å²) in [4.78, 5) is 11.4. The number of fused-ring (bicyclic) bond motifs is 2. The lowest BCUT2D eigenvalue weighted by molar-refractivity contribution is -0.274. The van der Waals surface area contributed by atoms with Crippen molar-refractivity contribution in [1.29, 1.82) is 0 Å². The molecule has 0 bridgehead atoms. The molecule has 1 N–H and O–H groups in total. The first kappa shape index (κ1) is 26.4. The Morgan fingerprint density at radius 3 is 2.59 bits per heavy atom. The van der Waals surface area contributed by atoms with E-state index < -0.39 is 18.4 Å². The fourth-order valence-corrected chi connectivity index (χ4v) is 4.78. The average molecular weight is 559 g/mol. The Balaban J connectivity index is 1.64. The maximum Gasteiger partial charge on any atom is 0.573 e. The molecule has 0 spiro atoms. The van der Waals surface area contributed by atoms with Gasteiger partial charge in [-0.1, -0.05) is 35.8 Å². The second kappa shape index (κ2) is 10.2. The summed E-state index contributed by atoms with van der Waals surface area (Å²) < 4.78 is 56.2. The van der Waals surface area contributed by atoms with Crippen molar-refractivity contribution < 1.29 is 37.1 Å². The summed E-state index contributed by atoms with van der Waals surface area (Å²) >= 11 is 6.10. The maximum absolute atomic E-state index is 13.0. The topological polar surface area (TPSA) is 86.7 Å². The van der Waals surface area contributed by atoms with E-state index in [4.69, 9.17) is 20.9 Å². The normalized spacial score (nSPS) is 12.7. The molecular formula is C28H22ClF3N2O5. The molecule has 5 rings (SSSR count). The van der Waals surface area contributed by atoms with Crippen molar-refractivity contribution in [3.63, 3.8) is 0 Å². The van der Waals surface area contributed by atoms with E-state index in [9.17, 15) is 23.1 Å². The minimum absolute atomic E-state index is 0.250. The van der Waals surface area contributed by atoms with Crippen LogP contribution >= 0.6 is 11.6 Å². The van der Waals surface area contributed by atoms with Gasteiger partial charge in [0.25, 0.3) is 0 Å². The number of ether oxygens (including phenoxy) is 2. The monoisotopic (exact) mass is 558 g/mol. The number of hydrogen-bond acceptors (Lipinski definition) is 5. The smallest absolute Gasteiger partial charge is 0.479 e. The second-order valence-electron chi connectivity index (χ2n) is 8.95. The van der Waals surface area contributed by atoms with Crippen LogP contribution in [-0.4, -0.2) is 33.3 Å². The third-order valence-electron chi connectivity index (χ3n) is 6.36. The van der Waals surface area contributed by atoms with Gasteiger partial charge in [-0.3, -0.25) is 0 Å². The van der Waals surface area contributed by atoms with Gasteiger partial charge in [0.2, 0.25) is 0 Å². The van der Waals surface area contributed by atoms with Gasteiger partial charge in [0.1, 0.15) is 17.2 Å². The molecule has 0 aliphatic carbocycles. The second-order valence-corrected chi connectivity index (χ2v) is 9.38. The standard InChI is InChI=1S/C28H22ClF3N2O5/c1-3-23(27(35)36)37-18-6-4-5-16(11-18)14-34-15(2)25(26-21-9-7-17(29)12-24(21)39-33-26)20-10-8-19(13-22(20)34)38-28(30,31)32/h4-13,23H,3,14H2,1-2H3,(H,35,36)/t23-/m0/s1. The Kier molecular flexibility index (Phi) is 6.90. The molecule has 2 heterocycles. The number of benzene rings is 3. The third kappa shape index (κ3) is 5.37. The quantitative estimate of drug-likeness (QED) is 0.211. The highest BCUT2D eigenvalue weighted by Gasteiger charge is 2.31. The molecule has 202 valence electrons. The van der Waals surface area contributed by atoms with Crippen LogP contribution in [0.1, 0.15) is 24.6 Å². The van der Waals surface area contributed by atoms with E-state index in [1.165, 1.54) is 12.1 Å². The van der Waals surface area contributed by atoms with Crippen LogP contribution in [0, 0.1) is 6.92 Å². The lowest BCUT2D eigenvalue weighted by atomic mass is 10.0. The molecule has 7 nitrogen and oxygen atoms in total. The molecular weight excluding hydrogens is 537 g/mol. The molecule has 0 aliphatic rings. The fourth-order valence-electron chi connectivity index (χ4n) is 4.62. The van der Waals surface area contributed by atoms with Gasteiger partial charge in [-0.05, 0) is 55.3 Å². The Hall–Kier alpha value is -4.18. The number of carboxylic acid groups (broad SMARTS) is 1. The molecule has 5 aromatic rings. The van der Waals surface area contributed by atoms with Crippen molar-refractivity contribution in [1.82, 2.24) is 9.72 Å². The highest BCUT2D eigenvalue weighted by Crippen LogP contribution is 2.40. The number of aromatic nitrogens is 2. The van der Waals surface area contributed by atoms with Gasteiger partial charge >= 0.3 is 12.3 Å².